The zero-order chi connectivity index (χ0) is 22.1. The summed E-state index contributed by atoms with van der Waals surface area (Å²) in [6.07, 6.45) is 6.75. The molecule has 0 amide bonds. The van der Waals surface area contributed by atoms with Crippen LogP contribution in [-0.4, -0.2) is 36.2 Å². The average molecular weight is 423 g/mol. The number of ether oxygens (including phenoxy) is 2. The number of unbranched alkanes of at least 4 members (excludes halogenated alkanes) is 1. The zero-order valence-corrected chi connectivity index (χ0v) is 18.0. The predicted molar refractivity (Wildman–Crippen MR) is 119 cm³/mol. The van der Waals surface area contributed by atoms with Crippen LogP contribution in [0.15, 0.2) is 66.7 Å². The van der Waals surface area contributed by atoms with E-state index in [1.807, 2.05) is 54.6 Å². The number of methoxy groups -OCH3 is 1. The molecule has 5 nitrogen and oxygen atoms in total. The van der Waals surface area contributed by atoms with Crippen molar-refractivity contribution in [1.29, 1.82) is 0 Å². The SMILES string of the molecule is COC(=O)CCCc1ccccc1[C@H]1C(=O)C=C[C@]1(O)CCCCOc1ccccc1. The molecule has 0 fully saturated rings. The number of allylic oxidation sites excluding steroid dienone is 1. The summed E-state index contributed by atoms with van der Waals surface area (Å²) < 4.78 is 10.4. The molecule has 1 aliphatic carbocycles. The van der Waals surface area contributed by atoms with Crippen molar-refractivity contribution in [2.75, 3.05) is 13.7 Å². The Morgan fingerprint density at radius 3 is 2.55 bits per heavy atom. The molecule has 0 radical (unpaired) electrons. The standard InChI is InChI=1S/C26H30O5/c1-30-24(28)15-9-11-20-10-5-6-14-22(20)25-23(27)16-18-26(25,29)17-7-8-19-31-21-12-3-2-4-13-21/h2-6,10,12-14,16,18,25,29H,7-9,11,15,17,19H2,1H3/t25-,26+/m0/s1. The Morgan fingerprint density at radius 1 is 1.03 bits per heavy atom. The van der Waals surface area contributed by atoms with E-state index in [2.05, 4.69) is 0 Å². The molecule has 0 saturated carbocycles. The Labute approximate surface area is 183 Å². The molecule has 5 heteroatoms. The predicted octanol–water partition coefficient (Wildman–Crippen LogP) is 4.39. The van der Waals surface area contributed by atoms with Gasteiger partial charge < -0.3 is 14.6 Å². The molecule has 2 atom stereocenters. The van der Waals surface area contributed by atoms with E-state index in [4.69, 9.17) is 9.47 Å². The first-order chi connectivity index (χ1) is 15.0. The highest BCUT2D eigenvalue weighted by molar-refractivity contribution is 6.00. The minimum atomic E-state index is -1.21. The first-order valence-corrected chi connectivity index (χ1v) is 10.8. The Morgan fingerprint density at radius 2 is 1.77 bits per heavy atom. The second kappa shape index (κ2) is 10.9. The van der Waals surface area contributed by atoms with Crippen molar-refractivity contribution < 1.29 is 24.2 Å². The summed E-state index contributed by atoms with van der Waals surface area (Å²) in [6.45, 7) is 0.562. The topological polar surface area (TPSA) is 72.8 Å². The summed E-state index contributed by atoms with van der Waals surface area (Å²) in [6, 6.07) is 17.3. The number of esters is 1. The summed E-state index contributed by atoms with van der Waals surface area (Å²) in [4.78, 5) is 24.1. The molecular weight excluding hydrogens is 392 g/mol. The van der Waals surface area contributed by atoms with Crippen molar-refractivity contribution in [3.63, 3.8) is 0 Å². The van der Waals surface area contributed by atoms with Gasteiger partial charge in [-0.2, -0.15) is 0 Å². The van der Waals surface area contributed by atoms with Crippen LogP contribution >= 0.6 is 0 Å². The summed E-state index contributed by atoms with van der Waals surface area (Å²) in [5, 5.41) is 11.3. The quantitative estimate of drug-likeness (QED) is 0.430. The number of ketones is 1. The maximum absolute atomic E-state index is 12.7. The van der Waals surface area contributed by atoms with E-state index in [1.54, 1.807) is 6.08 Å². The van der Waals surface area contributed by atoms with Gasteiger partial charge >= 0.3 is 5.97 Å². The van der Waals surface area contributed by atoms with E-state index in [-0.39, 0.29) is 11.8 Å². The summed E-state index contributed by atoms with van der Waals surface area (Å²) in [7, 11) is 1.38. The molecule has 3 rings (SSSR count). The van der Waals surface area contributed by atoms with Crippen molar-refractivity contribution in [1.82, 2.24) is 0 Å². The van der Waals surface area contributed by atoms with Crippen LogP contribution in [0.4, 0.5) is 0 Å². The molecule has 1 aliphatic rings. The smallest absolute Gasteiger partial charge is 0.305 e. The van der Waals surface area contributed by atoms with E-state index in [0.717, 1.165) is 29.7 Å². The zero-order valence-electron chi connectivity index (χ0n) is 18.0. The van der Waals surface area contributed by atoms with Crippen molar-refractivity contribution in [3.05, 3.63) is 77.9 Å². The van der Waals surface area contributed by atoms with Crippen molar-refractivity contribution in [3.8, 4) is 5.75 Å². The van der Waals surface area contributed by atoms with E-state index < -0.39 is 11.5 Å². The van der Waals surface area contributed by atoms with E-state index in [0.29, 0.717) is 32.3 Å². The lowest BCUT2D eigenvalue weighted by atomic mass is 9.78. The van der Waals surface area contributed by atoms with Gasteiger partial charge in [-0.15, -0.1) is 0 Å². The number of aliphatic hydroxyl groups is 1. The number of rotatable bonds is 11. The minimum absolute atomic E-state index is 0.0801. The fraction of sp³-hybridized carbons (Fsp3) is 0.385. The largest absolute Gasteiger partial charge is 0.494 e. The second-order valence-electron chi connectivity index (χ2n) is 7.91. The third kappa shape index (κ3) is 6.05. The Kier molecular flexibility index (Phi) is 8.01. The molecule has 1 N–H and O–H groups in total. The molecule has 31 heavy (non-hydrogen) atoms. The first kappa shape index (κ1) is 22.8. The molecule has 0 aromatic heterocycles. The average Bonchev–Trinajstić information content (AvgIpc) is 3.08. The van der Waals surface area contributed by atoms with Gasteiger partial charge in [-0.05, 0) is 67.5 Å². The minimum Gasteiger partial charge on any atom is -0.494 e. The molecule has 0 spiro atoms. The van der Waals surface area contributed by atoms with Crippen LogP contribution in [0.2, 0.25) is 0 Å². The van der Waals surface area contributed by atoms with Crippen LogP contribution in [0.5, 0.6) is 5.75 Å². The summed E-state index contributed by atoms with van der Waals surface area (Å²) in [5.74, 6) is -0.110. The molecule has 0 bridgehead atoms. The summed E-state index contributed by atoms with van der Waals surface area (Å²) >= 11 is 0. The summed E-state index contributed by atoms with van der Waals surface area (Å²) in [5.41, 5.74) is 0.618. The van der Waals surface area contributed by atoms with Crippen LogP contribution < -0.4 is 4.74 Å². The lowest BCUT2D eigenvalue weighted by Gasteiger charge is -2.30. The molecule has 0 saturated heterocycles. The van der Waals surface area contributed by atoms with Gasteiger partial charge in [0.2, 0.25) is 0 Å². The second-order valence-corrected chi connectivity index (χ2v) is 7.91. The molecule has 2 aromatic carbocycles. The number of aryl methyl sites for hydroxylation is 1. The lowest BCUT2D eigenvalue weighted by molar-refractivity contribution is -0.140. The third-order valence-corrected chi connectivity index (χ3v) is 5.72. The van der Waals surface area contributed by atoms with Gasteiger partial charge in [0.25, 0.3) is 0 Å². The number of hydrogen-bond acceptors (Lipinski definition) is 5. The van der Waals surface area contributed by atoms with E-state index in [1.165, 1.54) is 13.2 Å². The van der Waals surface area contributed by atoms with Crippen LogP contribution in [-0.2, 0) is 20.7 Å². The number of para-hydroxylation sites is 1. The lowest BCUT2D eigenvalue weighted by Crippen LogP contribution is -2.34. The van der Waals surface area contributed by atoms with Crippen LogP contribution in [0, 0.1) is 0 Å². The normalized spacial score (nSPS) is 20.1. The van der Waals surface area contributed by atoms with Crippen LogP contribution in [0.25, 0.3) is 0 Å². The van der Waals surface area contributed by atoms with Gasteiger partial charge in [-0.1, -0.05) is 42.5 Å². The van der Waals surface area contributed by atoms with Gasteiger partial charge in [-0.25, -0.2) is 0 Å². The molecule has 0 heterocycles. The third-order valence-electron chi connectivity index (χ3n) is 5.72. The van der Waals surface area contributed by atoms with Crippen molar-refractivity contribution in [2.24, 2.45) is 0 Å². The van der Waals surface area contributed by atoms with Crippen LogP contribution in [0.3, 0.4) is 0 Å². The molecule has 0 aliphatic heterocycles. The van der Waals surface area contributed by atoms with Crippen molar-refractivity contribution in [2.45, 2.75) is 50.0 Å². The van der Waals surface area contributed by atoms with E-state index in [9.17, 15) is 14.7 Å². The van der Waals surface area contributed by atoms with Gasteiger partial charge in [0.15, 0.2) is 5.78 Å². The Balaban J connectivity index is 1.60. The number of carbonyl (C=O) groups is 2. The first-order valence-electron chi connectivity index (χ1n) is 10.8. The fourth-order valence-electron chi connectivity index (χ4n) is 4.10. The Bertz CT molecular complexity index is 905. The fourth-order valence-corrected chi connectivity index (χ4v) is 4.10. The highest BCUT2D eigenvalue weighted by atomic mass is 16.5. The molecule has 164 valence electrons. The molecule has 2 aromatic rings. The molecular formula is C26H30O5. The Hall–Kier alpha value is -2.92. The van der Waals surface area contributed by atoms with Crippen molar-refractivity contribution >= 4 is 11.8 Å². The molecule has 0 unspecified atom stereocenters. The number of carbonyl (C=O) groups excluding carboxylic acids is 2. The monoisotopic (exact) mass is 422 g/mol. The van der Waals surface area contributed by atoms with Crippen LogP contribution in [0.1, 0.15) is 49.1 Å². The van der Waals surface area contributed by atoms with E-state index >= 15 is 0 Å². The highest BCUT2D eigenvalue weighted by Gasteiger charge is 2.44. The maximum Gasteiger partial charge on any atom is 0.305 e. The van der Waals surface area contributed by atoms with Gasteiger partial charge in [0.05, 0.1) is 25.2 Å². The van der Waals surface area contributed by atoms with Gasteiger partial charge in [0.1, 0.15) is 5.75 Å². The number of hydrogen-bond donors (Lipinski definition) is 1. The highest BCUT2D eigenvalue weighted by Crippen LogP contribution is 2.40. The van der Waals surface area contributed by atoms with Gasteiger partial charge in [0, 0.05) is 6.42 Å². The maximum atomic E-state index is 12.7. The number of benzene rings is 2. The van der Waals surface area contributed by atoms with Gasteiger partial charge in [-0.3, -0.25) is 9.59 Å².